The second-order valence-corrected chi connectivity index (χ2v) is 6.04. The van der Waals surface area contributed by atoms with Crippen LogP contribution in [0.5, 0.6) is 0 Å². The fourth-order valence-corrected chi connectivity index (χ4v) is 2.92. The van der Waals surface area contributed by atoms with E-state index in [9.17, 15) is 4.79 Å². The molecular formula is C17H25ClN6O. The van der Waals surface area contributed by atoms with Crippen molar-refractivity contribution in [3.05, 3.63) is 42.0 Å². The fraction of sp³-hybridized carbons (Fsp3) is 0.471. The molecule has 1 fully saturated rings. The van der Waals surface area contributed by atoms with Crippen LogP contribution in [0, 0.1) is 6.92 Å². The summed E-state index contributed by atoms with van der Waals surface area (Å²) in [4.78, 5) is 18.7. The summed E-state index contributed by atoms with van der Waals surface area (Å²) in [5.41, 5.74) is 2.55. The summed E-state index contributed by atoms with van der Waals surface area (Å²) in [7, 11) is 0. The number of aryl methyl sites for hydroxylation is 1. The first-order chi connectivity index (χ1) is 11.7. The van der Waals surface area contributed by atoms with Gasteiger partial charge in [0, 0.05) is 38.3 Å². The molecule has 2 heterocycles. The van der Waals surface area contributed by atoms with E-state index in [-0.39, 0.29) is 18.3 Å². The average Bonchev–Trinajstić information content (AvgIpc) is 3.14. The molecule has 1 amide bonds. The Labute approximate surface area is 154 Å². The summed E-state index contributed by atoms with van der Waals surface area (Å²) in [5, 5.41) is 10.5. The minimum Gasteiger partial charge on any atom is -0.352 e. The van der Waals surface area contributed by atoms with Gasteiger partial charge in [-0.15, -0.1) is 12.4 Å². The van der Waals surface area contributed by atoms with E-state index in [4.69, 9.17) is 0 Å². The molecule has 136 valence electrons. The second-order valence-electron chi connectivity index (χ2n) is 6.04. The summed E-state index contributed by atoms with van der Waals surface area (Å²) < 4.78 is 1.68. The molecule has 3 rings (SSSR count). The Morgan fingerprint density at radius 2 is 2.12 bits per heavy atom. The molecule has 2 N–H and O–H groups in total. The predicted octanol–water partition coefficient (Wildman–Crippen LogP) is 1.02. The van der Waals surface area contributed by atoms with E-state index in [2.05, 4.69) is 25.6 Å². The maximum absolute atomic E-state index is 12.3. The molecule has 0 saturated carbocycles. The molecule has 1 saturated heterocycles. The van der Waals surface area contributed by atoms with E-state index in [0.29, 0.717) is 12.1 Å². The zero-order chi connectivity index (χ0) is 16.8. The van der Waals surface area contributed by atoms with Gasteiger partial charge < -0.3 is 15.5 Å². The first-order valence-corrected chi connectivity index (χ1v) is 8.41. The lowest BCUT2D eigenvalue weighted by molar-refractivity contribution is 0.0950. The van der Waals surface area contributed by atoms with Crippen LogP contribution < -0.4 is 10.6 Å². The predicted molar refractivity (Wildman–Crippen MR) is 99.6 cm³/mol. The molecular weight excluding hydrogens is 340 g/mol. The minimum absolute atomic E-state index is 0. The number of nitrogens with one attached hydrogen (secondary N) is 2. The maximum atomic E-state index is 12.3. The number of hydrogen-bond acceptors (Lipinski definition) is 5. The van der Waals surface area contributed by atoms with Crippen LogP contribution in [0.3, 0.4) is 0 Å². The van der Waals surface area contributed by atoms with E-state index in [1.165, 1.54) is 6.33 Å². The van der Waals surface area contributed by atoms with Crippen molar-refractivity contribution in [2.24, 2.45) is 0 Å². The Bertz CT molecular complexity index is 670. The van der Waals surface area contributed by atoms with E-state index in [0.717, 1.165) is 50.4 Å². The highest BCUT2D eigenvalue weighted by Crippen LogP contribution is 2.13. The Hall–Kier alpha value is -1.96. The number of carbonyl (C=O) groups excluding carboxylic acids is 1. The third kappa shape index (κ3) is 5.26. The van der Waals surface area contributed by atoms with E-state index in [1.54, 1.807) is 11.0 Å². The standard InChI is InChI=1S/C17H24N6O.ClH/c1-14-11-15(23-13-19-12-21-23)3-4-16(14)17(24)20-5-2-8-22-9-6-18-7-10-22;/h3-4,11-13,18H,2,5-10H2,1H3,(H,20,24);1H. The summed E-state index contributed by atoms with van der Waals surface area (Å²) in [6.07, 6.45) is 4.11. The molecule has 0 atom stereocenters. The van der Waals surface area contributed by atoms with Crippen molar-refractivity contribution in [3.8, 4) is 5.69 Å². The van der Waals surface area contributed by atoms with Gasteiger partial charge in [-0.2, -0.15) is 5.10 Å². The zero-order valence-corrected chi connectivity index (χ0v) is 15.3. The van der Waals surface area contributed by atoms with Crippen LogP contribution >= 0.6 is 12.4 Å². The van der Waals surface area contributed by atoms with Gasteiger partial charge in [0.1, 0.15) is 12.7 Å². The highest BCUT2D eigenvalue weighted by atomic mass is 35.5. The average molecular weight is 365 g/mol. The van der Waals surface area contributed by atoms with Crippen LogP contribution in [0.1, 0.15) is 22.3 Å². The van der Waals surface area contributed by atoms with Crippen molar-refractivity contribution in [1.29, 1.82) is 0 Å². The van der Waals surface area contributed by atoms with Gasteiger partial charge in [-0.1, -0.05) is 0 Å². The number of benzene rings is 1. The Morgan fingerprint density at radius 1 is 1.32 bits per heavy atom. The van der Waals surface area contributed by atoms with Crippen molar-refractivity contribution < 1.29 is 4.79 Å². The second kappa shape index (κ2) is 9.50. The van der Waals surface area contributed by atoms with Gasteiger partial charge in [0.2, 0.25) is 0 Å². The lowest BCUT2D eigenvalue weighted by Gasteiger charge is -2.27. The molecule has 1 aromatic carbocycles. The zero-order valence-electron chi connectivity index (χ0n) is 14.4. The molecule has 1 aliphatic heterocycles. The number of piperazine rings is 1. The fourth-order valence-electron chi connectivity index (χ4n) is 2.92. The molecule has 1 aromatic heterocycles. The molecule has 0 unspecified atom stereocenters. The first kappa shape index (κ1) is 19.4. The van der Waals surface area contributed by atoms with E-state index in [1.807, 2.05) is 25.1 Å². The molecule has 1 aliphatic rings. The van der Waals surface area contributed by atoms with Crippen molar-refractivity contribution >= 4 is 18.3 Å². The van der Waals surface area contributed by atoms with Crippen LogP contribution in [0.25, 0.3) is 5.69 Å². The third-order valence-corrected chi connectivity index (χ3v) is 4.28. The van der Waals surface area contributed by atoms with Gasteiger partial charge in [-0.3, -0.25) is 4.79 Å². The van der Waals surface area contributed by atoms with Crippen LogP contribution in [-0.2, 0) is 0 Å². The van der Waals surface area contributed by atoms with Gasteiger partial charge in [-0.25, -0.2) is 9.67 Å². The first-order valence-electron chi connectivity index (χ1n) is 8.41. The highest BCUT2D eigenvalue weighted by molar-refractivity contribution is 5.95. The summed E-state index contributed by atoms with van der Waals surface area (Å²) >= 11 is 0. The Balaban J connectivity index is 0.00000225. The van der Waals surface area contributed by atoms with Crippen LogP contribution in [0.15, 0.2) is 30.9 Å². The topological polar surface area (TPSA) is 75.1 Å². The molecule has 25 heavy (non-hydrogen) atoms. The lowest BCUT2D eigenvalue weighted by atomic mass is 10.1. The Kier molecular flexibility index (Phi) is 7.36. The van der Waals surface area contributed by atoms with Crippen molar-refractivity contribution in [2.75, 3.05) is 39.3 Å². The molecule has 2 aromatic rings. The van der Waals surface area contributed by atoms with E-state index >= 15 is 0 Å². The molecule has 8 heteroatoms. The molecule has 7 nitrogen and oxygen atoms in total. The smallest absolute Gasteiger partial charge is 0.251 e. The lowest BCUT2D eigenvalue weighted by Crippen LogP contribution is -2.44. The van der Waals surface area contributed by atoms with Gasteiger partial charge in [0.15, 0.2) is 0 Å². The van der Waals surface area contributed by atoms with E-state index < -0.39 is 0 Å². The SMILES string of the molecule is Cc1cc(-n2cncn2)ccc1C(=O)NCCCN1CCNCC1.Cl. The normalized spacial score (nSPS) is 14.8. The van der Waals surface area contributed by atoms with Gasteiger partial charge in [0.25, 0.3) is 5.91 Å². The number of hydrogen-bond donors (Lipinski definition) is 2. The quantitative estimate of drug-likeness (QED) is 0.749. The third-order valence-electron chi connectivity index (χ3n) is 4.28. The van der Waals surface area contributed by atoms with Gasteiger partial charge in [0.05, 0.1) is 5.69 Å². The minimum atomic E-state index is -0.0158. The number of halogens is 1. The molecule has 0 spiro atoms. The monoisotopic (exact) mass is 364 g/mol. The van der Waals surface area contributed by atoms with Crippen LogP contribution in [0.2, 0.25) is 0 Å². The number of aromatic nitrogens is 3. The number of carbonyl (C=O) groups is 1. The Morgan fingerprint density at radius 3 is 2.80 bits per heavy atom. The van der Waals surface area contributed by atoms with Gasteiger partial charge >= 0.3 is 0 Å². The van der Waals surface area contributed by atoms with Crippen molar-refractivity contribution in [1.82, 2.24) is 30.3 Å². The molecule has 0 bridgehead atoms. The van der Waals surface area contributed by atoms with Crippen LogP contribution in [-0.4, -0.2) is 64.8 Å². The largest absolute Gasteiger partial charge is 0.352 e. The summed E-state index contributed by atoms with van der Waals surface area (Å²) in [5.74, 6) is -0.0158. The summed E-state index contributed by atoms with van der Waals surface area (Å²) in [6, 6.07) is 5.68. The van der Waals surface area contributed by atoms with Crippen molar-refractivity contribution in [3.63, 3.8) is 0 Å². The van der Waals surface area contributed by atoms with Crippen LogP contribution in [0.4, 0.5) is 0 Å². The van der Waals surface area contributed by atoms with Crippen molar-refractivity contribution in [2.45, 2.75) is 13.3 Å². The number of rotatable bonds is 6. The van der Waals surface area contributed by atoms with Gasteiger partial charge in [-0.05, 0) is 43.7 Å². The highest BCUT2D eigenvalue weighted by Gasteiger charge is 2.11. The summed E-state index contributed by atoms with van der Waals surface area (Å²) in [6.45, 7) is 7.98. The molecule has 0 radical (unpaired) electrons. The number of amides is 1. The molecule has 0 aliphatic carbocycles. The number of nitrogens with zero attached hydrogens (tertiary/aromatic N) is 4. The maximum Gasteiger partial charge on any atom is 0.251 e.